The Morgan fingerprint density at radius 3 is 3.05 bits per heavy atom. The van der Waals surface area contributed by atoms with Crippen LogP contribution in [0.3, 0.4) is 0 Å². The van der Waals surface area contributed by atoms with E-state index in [-0.39, 0.29) is 18.0 Å². The van der Waals surface area contributed by atoms with E-state index in [2.05, 4.69) is 13.0 Å². The molecular weight excluding hydrogens is 252 g/mol. The highest BCUT2D eigenvalue weighted by Gasteiger charge is 2.32. The maximum absolute atomic E-state index is 12.4. The lowest BCUT2D eigenvalue weighted by Gasteiger charge is -2.28. The molecule has 2 atom stereocenters. The van der Waals surface area contributed by atoms with E-state index < -0.39 is 0 Å². The average molecular weight is 276 g/mol. The zero-order valence-corrected chi connectivity index (χ0v) is 12.3. The molecule has 2 N–H and O–H groups in total. The molecule has 2 rings (SSSR count). The Morgan fingerprint density at radius 2 is 2.35 bits per heavy atom. The second-order valence-corrected chi connectivity index (χ2v) is 5.36. The van der Waals surface area contributed by atoms with Gasteiger partial charge in [-0.05, 0) is 37.0 Å². The number of benzene rings is 1. The van der Waals surface area contributed by atoms with Crippen LogP contribution in [0.25, 0.3) is 0 Å². The molecule has 1 aliphatic heterocycles. The molecule has 4 nitrogen and oxygen atoms in total. The zero-order valence-electron chi connectivity index (χ0n) is 12.3. The molecule has 0 saturated carbocycles. The van der Waals surface area contributed by atoms with E-state index in [1.807, 2.05) is 23.1 Å². The largest absolute Gasteiger partial charge is 0.497 e. The summed E-state index contributed by atoms with van der Waals surface area (Å²) in [7, 11) is 1.66. The molecule has 1 aliphatic rings. The third-order valence-corrected chi connectivity index (χ3v) is 3.93. The maximum atomic E-state index is 12.4. The number of methoxy groups -OCH3 is 1. The van der Waals surface area contributed by atoms with Crippen molar-refractivity contribution in [3.63, 3.8) is 0 Å². The molecule has 0 aliphatic carbocycles. The van der Waals surface area contributed by atoms with Gasteiger partial charge in [-0.25, -0.2) is 0 Å². The van der Waals surface area contributed by atoms with E-state index >= 15 is 0 Å². The second kappa shape index (κ2) is 6.75. The van der Waals surface area contributed by atoms with Crippen molar-refractivity contribution in [2.75, 3.05) is 13.7 Å². The Kier molecular flexibility index (Phi) is 5.01. The van der Waals surface area contributed by atoms with Crippen molar-refractivity contribution in [1.82, 2.24) is 4.90 Å². The minimum absolute atomic E-state index is 0.0807. The molecule has 0 radical (unpaired) electrons. The van der Waals surface area contributed by atoms with Crippen LogP contribution < -0.4 is 10.5 Å². The summed E-state index contributed by atoms with van der Waals surface area (Å²) in [5, 5.41) is 0. The van der Waals surface area contributed by atoms with Gasteiger partial charge >= 0.3 is 0 Å². The molecule has 0 aromatic heterocycles. The summed E-state index contributed by atoms with van der Waals surface area (Å²) in [5.74, 6) is 0.914. The van der Waals surface area contributed by atoms with Crippen LogP contribution in [-0.4, -0.2) is 30.5 Å². The molecule has 110 valence electrons. The summed E-state index contributed by atoms with van der Waals surface area (Å²) in [6.45, 7) is 2.86. The van der Waals surface area contributed by atoms with Crippen molar-refractivity contribution in [1.29, 1.82) is 0 Å². The number of nitrogens with two attached hydrogens (primary N) is 1. The van der Waals surface area contributed by atoms with E-state index in [9.17, 15) is 4.79 Å². The lowest BCUT2D eigenvalue weighted by Crippen LogP contribution is -2.43. The fraction of sp³-hybridized carbons (Fsp3) is 0.562. The van der Waals surface area contributed by atoms with Crippen molar-refractivity contribution in [2.24, 2.45) is 5.73 Å². The zero-order chi connectivity index (χ0) is 14.5. The molecule has 1 saturated heterocycles. The highest BCUT2D eigenvalue weighted by Crippen LogP contribution is 2.33. The Morgan fingerprint density at radius 1 is 1.55 bits per heavy atom. The first kappa shape index (κ1) is 14.9. The molecule has 0 spiro atoms. The van der Waals surface area contributed by atoms with Gasteiger partial charge in [-0.15, -0.1) is 0 Å². The van der Waals surface area contributed by atoms with Gasteiger partial charge in [-0.3, -0.25) is 4.79 Å². The average Bonchev–Trinajstić information content (AvgIpc) is 2.96. The van der Waals surface area contributed by atoms with Crippen LogP contribution in [-0.2, 0) is 4.79 Å². The Bertz CT molecular complexity index is 462. The number of likely N-dealkylation sites (tertiary alicyclic amines) is 1. The van der Waals surface area contributed by atoms with Crippen molar-refractivity contribution in [2.45, 2.75) is 44.7 Å². The molecule has 1 amide bonds. The molecule has 1 aromatic rings. The molecule has 1 fully saturated rings. The molecule has 20 heavy (non-hydrogen) atoms. The molecule has 1 heterocycles. The SMILES string of the molecule is CCC[C@@H](N)C(=O)N1CCCC1c1cccc(OC)c1. The van der Waals surface area contributed by atoms with Crippen LogP contribution in [0.15, 0.2) is 24.3 Å². The first-order valence-corrected chi connectivity index (χ1v) is 7.37. The Hall–Kier alpha value is -1.55. The fourth-order valence-electron chi connectivity index (χ4n) is 2.87. The van der Waals surface area contributed by atoms with E-state index in [0.717, 1.165) is 43.5 Å². The number of nitrogens with zero attached hydrogens (tertiary/aromatic N) is 1. The fourth-order valence-corrected chi connectivity index (χ4v) is 2.87. The van der Waals surface area contributed by atoms with E-state index in [1.54, 1.807) is 7.11 Å². The molecule has 1 aromatic carbocycles. The van der Waals surface area contributed by atoms with Gasteiger partial charge in [0.25, 0.3) is 0 Å². The summed E-state index contributed by atoms with van der Waals surface area (Å²) in [6.07, 6.45) is 3.72. The van der Waals surface area contributed by atoms with Gasteiger partial charge in [-0.2, -0.15) is 0 Å². The quantitative estimate of drug-likeness (QED) is 0.899. The predicted molar refractivity (Wildman–Crippen MR) is 79.6 cm³/mol. The van der Waals surface area contributed by atoms with Crippen molar-refractivity contribution in [3.8, 4) is 5.75 Å². The normalized spacial score (nSPS) is 19.9. The summed E-state index contributed by atoms with van der Waals surface area (Å²) >= 11 is 0. The van der Waals surface area contributed by atoms with Gasteiger partial charge in [0.05, 0.1) is 19.2 Å². The third kappa shape index (κ3) is 3.12. The minimum atomic E-state index is -0.369. The Labute approximate surface area is 120 Å². The number of hydrogen-bond donors (Lipinski definition) is 1. The number of rotatable bonds is 5. The number of hydrogen-bond acceptors (Lipinski definition) is 3. The highest BCUT2D eigenvalue weighted by molar-refractivity contribution is 5.82. The van der Waals surface area contributed by atoms with Gasteiger partial charge in [0.15, 0.2) is 0 Å². The van der Waals surface area contributed by atoms with Gasteiger partial charge < -0.3 is 15.4 Å². The molecular formula is C16H24N2O2. The number of carbonyl (C=O) groups is 1. The minimum Gasteiger partial charge on any atom is -0.497 e. The van der Waals surface area contributed by atoms with Crippen LogP contribution in [0.5, 0.6) is 5.75 Å². The topological polar surface area (TPSA) is 55.6 Å². The van der Waals surface area contributed by atoms with E-state index in [0.29, 0.717) is 0 Å². The maximum Gasteiger partial charge on any atom is 0.239 e. The number of ether oxygens (including phenoxy) is 1. The van der Waals surface area contributed by atoms with Crippen molar-refractivity contribution >= 4 is 5.91 Å². The smallest absolute Gasteiger partial charge is 0.239 e. The van der Waals surface area contributed by atoms with Crippen LogP contribution in [0, 0.1) is 0 Å². The lowest BCUT2D eigenvalue weighted by atomic mass is 10.0. The summed E-state index contributed by atoms with van der Waals surface area (Å²) in [4.78, 5) is 14.4. The first-order valence-electron chi connectivity index (χ1n) is 7.37. The van der Waals surface area contributed by atoms with Gasteiger partial charge in [0, 0.05) is 6.54 Å². The summed E-state index contributed by atoms with van der Waals surface area (Å²) < 4.78 is 5.27. The number of amides is 1. The number of carbonyl (C=O) groups excluding carboxylic acids is 1. The van der Waals surface area contributed by atoms with Crippen LogP contribution in [0.4, 0.5) is 0 Å². The van der Waals surface area contributed by atoms with E-state index in [1.165, 1.54) is 0 Å². The summed E-state index contributed by atoms with van der Waals surface area (Å²) in [5.41, 5.74) is 7.13. The van der Waals surface area contributed by atoms with Crippen LogP contribution in [0.2, 0.25) is 0 Å². The summed E-state index contributed by atoms with van der Waals surface area (Å²) in [6, 6.07) is 7.74. The van der Waals surface area contributed by atoms with Crippen molar-refractivity contribution in [3.05, 3.63) is 29.8 Å². The molecule has 1 unspecified atom stereocenters. The molecule has 0 bridgehead atoms. The van der Waals surface area contributed by atoms with Gasteiger partial charge in [0.1, 0.15) is 5.75 Å². The third-order valence-electron chi connectivity index (χ3n) is 3.93. The highest BCUT2D eigenvalue weighted by atomic mass is 16.5. The molecule has 4 heteroatoms. The monoisotopic (exact) mass is 276 g/mol. The van der Waals surface area contributed by atoms with Gasteiger partial charge in [-0.1, -0.05) is 25.5 Å². The first-order chi connectivity index (χ1) is 9.67. The Balaban J connectivity index is 2.16. The van der Waals surface area contributed by atoms with E-state index in [4.69, 9.17) is 10.5 Å². The van der Waals surface area contributed by atoms with Crippen LogP contribution >= 0.6 is 0 Å². The standard InChI is InChI=1S/C16H24N2O2/c1-3-6-14(17)16(19)18-10-5-9-15(18)12-7-4-8-13(11-12)20-2/h4,7-8,11,14-15H,3,5-6,9-10,17H2,1-2H3/t14-,15?/m1/s1. The van der Waals surface area contributed by atoms with Crippen LogP contribution in [0.1, 0.15) is 44.2 Å². The van der Waals surface area contributed by atoms with Crippen molar-refractivity contribution < 1.29 is 9.53 Å². The lowest BCUT2D eigenvalue weighted by molar-refractivity contribution is -0.133. The second-order valence-electron chi connectivity index (χ2n) is 5.36. The predicted octanol–water partition coefficient (Wildman–Crippen LogP) is 2.49. The van der Waals surface area contributed by atoms with Gasteiger partial charge in [0.2, 0.25) is 5.91 Å².